The summed E-state index contributed by atoms with van der Waals surface area (Å²) in [6.07, 6.45) is 15.4. The van der Waals surface area contributed by atoms with Gasteiger partial charge in [0, 0.05) is 0 Å². The Kier molecular flexibility index (Phi) is 7.53. The standard InChI is InChI=1S/C14H20/c1-5-9-13(3)11-7-8-12-14(4)10-6-2/h5,7-12H,1,6H2,2-4H3. The minimum Gasteiger partial charge on any atom is -0.0991 e. The van der Waals surface area contributed by atoms with Crippen molar-refractivity contribution in [3.05, 3.63) is 60.3 Å². The van der Waals surface area contributed by atoms with Crippen LogP contribution in [0.1, 0.15) is 27.2 Å². The normalized spacial score (nSPS) is 14.2. The topological polar surface area (TPSA) is 0 Å². The Morgan fingerprint density at radius 2 is 1.64 bits per heavy atom. The quantitative estimate of drug-likeness (QED) is 0.554. The SMILES string of the molecule is C=CC=C(C)C=CC=CC(C)=CCC. The smallest absolute Gasteiger partial charge is 0.0374 e. The molecule has 0 aliphatic rings. The van der Waals surface area contributed by atoms with Crippen LogP contribution >= 0.6 is 0 Å². The maximum atomic E-state index is 3.64. The van der Waals surface area contributed by atoms with Crippen LogP contribution in [-0.4, -0.2) is 0 Å². The van der Waals surface area contributed by atoms with Crippen molar-refractivity contribution in [3.8, 4) is 0 Å². The molecule has 0 aliphatic heterocycles. The Morgan fingerprint density at radius 1 is 1.07 bits per heavy atom. The van der Waals surface area contributed by atoms with Crippen LogP contribution in [0, 0.1) is 0 Å². The molecule has 0 bridgehead atoms. The molecule has 14 heavy (non-hydrogen) atoms. The number of hydrogen-bond acceptors (Lipinski definition) is 0. The number of allylic oxidation sites excluding steroid dienone is 9. The van der Waals surface area contributed by atoms with E-state index in [4.69, 9.17) is 0 Å². The van der Waals surface area contributed by atoms with Gasteiger partial charge in [0.05, 0.1) is 0 Å². The lowest BCUT2D eigenvalue weighted by Gasteiger charge is -1.88. The summed E-state index contributed by atoms with van der Waals surface area (Å²) in [4.78, 5) is 0. The zero-order valence-electron chi connectivity index (χ0n) is 9.46. The monoisotopic (exact) mass is 188 g/mol. The maximum absolute atomic E-state index is 3.64. The molecule has 0 amide bonds. The Bertz CT molecular complexity index is 272. The molecule has 0 aliphatic carbocycles. The van der Waals surface area contributed by atoms with Gasteiger partial charge in [-0.05, 0) is 20.3 Å². The second-order valence-electron chi connectivity index (χ2n) is 3.22. The predicted octanol–water partition coefficient (Wildman–Crippen LogP) is 4.59. The van der Waals surface area contributed by atoms with E-state index in [2.05, 4.69) is 51.7 Å². The molecule has 0 aromatic carbocycles. The third-order valence-corrected chi connectivity index (χ3v) is 1.74. The molecule has 76 valence electrons. The van der Waals surface area contributed by atoms with Crippen LogP contribution in [0.5, 0.6) is 0 Å². The van der Waals surface area contributed by atoms with Gasteiger partial charge in [-0.1, -0.05) is 67.2 Å². The molecule has 0 nitrogen and oxygen atoms in total. The highest BCUT2D eigenvalue weighted by atomic mass is 13.8. The summed E-state index contributed by atoms with van der Waals surface area (Å²) >= 11 is 0. The van der Waals surface area contributed by atoms with Gasteiger partial charge < -0.3 is 0 Å². The molecule has 0 radical (unpaired) electrons. The second-order valence-corrected chi connectivity index (χ2v) is 3.22. The number of rotatable bonds is 5. The lowest BCUT2D eigenvalue weighted by Crippen LogP contribution is -1.67. The van der Waals surface area contributed by atoms with Gasteiger partial charge in [-0.3, -0.25) is 0 Å². The Balaban J connectivity index is 4.11. The third-order valence-electron chi connectivity index (χ3n) is 1.74. The summed E-state index contributed by atoms with van der Waals surface area (Å²) in [5, 5.41) is 0. The molecule has 0 heteroatoms. The van der Waals surface area contributed by atoms with E-state index in [1.54, 1.807) is 6.08 Å². The van der Waals surface area contributed by atoms with E-state index in [0.717, 1.165) is 6.42 Å². The van der Waals surface area contributed by atoms with Crippen LogP contribution in [0.4, 0.5) is 0 Å². The zero-order valence-corrected chi connectivity index (χ0v) is 9.46. The summed E-state index contributed by atoms with van der Waals surface area (Å²) in [5.41, 5.74) is 2.52. The molecule has 0 saturated heterocycles. The molecular formula is C14H20. The van der Waals surface area contributed by atoms with Crippen molar-refractivity contribution < 1.29 is 0 Å². The molecule has 0 spiro atoms. The van der Waals surface area contributed by atoms with E-state index >= 15 is 0 Å². The Labute approximate surface area is 88.0 Å². The fourth-order valence-electron chi connectivity index (χ4n) is 1.05. The van der Waals surface area contributed by atoms with Crippen LogP contribution in [0.2, 0.25) is 0 Å². The van der Waals surface area contributed by atoms with Gasteiger partial charge in [-0.15, -0.1) is 0 Å². The fourth-order valence-corrected chi connectivity index (χ4v) is 1.05. The molecule has 0 atom stereocenters. The van der Waals surface area contributed by atoms with Crippen molar-refractivity contribution in [3.63, 3.8) is 0 Å². The lowest BCUT2D eigenvalue weighted by molar-refractivity contribution is 1.20. The average Bonchev–Trinajstić information content (AvgIpc) is 2.13. The van der Waals surface area contributed by atoms with E-state index in [9.17, 15) is 0 Å². The number of hydrogen-bond donors (Lipinski definition) is 0. The van der Waals surface area contributed by atoms with Crippen LogP contribution in [0.15, 0.2) is 60.3 Å². The molecule has 0 rings (SSSR count). The highest BCUT2D eigenvalue weighted by Crippen LogP contribution is 1.99. The first-order valence-corrected chi connectivity index (χ1v) is 5.01. The highest BCUT2D eigenvalue weighted by Gasteiger charge is 1.78. The summed E-state index contributed by atoms with van der Waals surface area (Å²) in [6.45, 7) is 9.95. The molecule has 0 unspecified atom stereocenters. The van der Waals surface area contributed by atoms with Crippen LogP contribution < -0.4 is 0 Å². The van der Waals surface area contributed by atoms with E-state index < -0.39 is 0 Å². The van der Waals surface area contributed by atoms with E-state index in [-0.39, 0.29) is 0 Å². The fraction of sp³-hybridized carbons (Fsp3) is 0.286. The molecule has 0 fully saturated rings. The highest BCUT2D eigenvalue weighted by molar-refractivity contribution is 5.26. The van der Waals surface area contributed by atoms with Crippen molar-refractivity contribution in [2.24, 2.45) is 0 Å². The van der Waals surface area contributed by atoms with Gasteiger partial charge in [-0.2, -0.15) is 0 Å². The van der Waals surface area contributed by atoms with Crippen molar-refractivity contribution in [1.82, 2.24) is 0 Å². The maximum Gasteiger partial charge on any atom is -0.0374 e. The van der Waals surface area contributed by atoms with Gasteiger partial charge in [0.1, 0.15) is 0 Å². The molecular weight excluding hydrogens is 168 g/mol. The lowest BCUT2D eigenvalue weighted by atomic mass is 10.2. The van der Waals surface area contributed by atoms with Crippen molar-refractivity contribution in [1.29, 1.82) is 0 Å². The summed E-state index contributed by atoms with van der Waals surface area (Å²) in [5.74, 6) is 0. The average molecular weight is 188 g/mol. The minimum absolute atomic E-state index is 1.09. The van der Waals surface area contributed by atoms with Crippen LogP contribution in [0.3, 0.4) is 0 Å². The summed E-state index contributed by atoms with van der Waals surface area (Å²) in [6, 6.07) is 0. The van der Waals surface area contributed by atoms with Gasteiger partial charge in [-0.25, -0.2) is 0 Å². The largest absolute Gasteiger partial charge is 0.0991 e. The molecule has 0 saturated carbocycles. The van der Waals surface area contributed by atoms with Crippen molar-refractivity contribution >= 4 is 0 Å². The second kappa shape index (κ2) is 8.31. The van der Waals surface area contributed by atoms with Gasteiger partial charge in [0.15, 0.2) is 0 Å². The van der Waals surface area contributed by atoms with Gasteiger partial charge in [0.2, 0.25) is 0 Å². The first-order valence-electron chi connectivity index (χ1n) is 5.01. The van der Waals surface area contributed by atoms with E-state index in [0.29, 0.717) is 0 Å². The summed E-state index contributed by atoms with van der Waals surface area (Å²) < 4.78 is 0. The third kappa shape index (κ3) is 7.35. The molecule has 0 aromatic heterocycles. The van der Waals surface area contributed by atoms with Crippen molar-refractivity contribution in [2.75, 3.05) is 0 Å². The van der Waals surface area contributed by atoms with Crippen LogP contribution in [-0.2, 0) is 0 Å². The van der Waals surface area contributed by atoms with Crippen molar-refractivity contribution in [2.45, 2.75) is 27.2 Å². The predicted molar refractivity (Wildman–Crippen MR) is 66.3 cm³/mol. The Hall–Kier alpha value is -1.30. The van der Waals surface area contributed by atoms with Crippen LogP contribution in [0.25, 0.3) is 0 Å². The zero-order chi connectivity index (χ0) is 10.8. The Morgan fingerprint density at radius 3 is 2.14 bits per heavy atom. The summed E-state index contributed by atoms with van der Waals surface area (Å²) in [7, 11) is 0. The minimum atomic E-state index is 1.09. The molecule has 0 N–H and O–H groups in total. The molecule has 0 heterocycles. The molecule has 0 aromatic rings. The van der Waals surface area contributed by atoms with Gasteiger partial charge >= 0.3 is 0 Å². The first kappa shape index (κ1) is 12.7. The van der Waals surface area contributed by atoms with E-state index in [1.807, 2.05) is 12.2 Å². The van der Waals surface area contributed by atoms with Gasteiger partial charge in [0.25, 0.3) is 0 Å². The first-order chi connectivity index (χ1) is 6.70. The van der Waals surface area contributed by atoms with E-state index in [1.165, 1.54) is 11.1 Å².